The maximum absolute atomic E-state index is 12.8. The van der Waals surface area contributed by atoms with Crippen molar-refractivity contribution >= 4 is 38.5 Å². The topological polar surface area (TPSA) is 26.0 Å². The van der Waals surface area contributed by atoms with E-state index in [0.717, 1.165) is 19.2 Å². The molecule has 2 aromatic carbocycles. The van der Waals surface area contributed by atoms with Gasteiger partial charge in [0.2, 0.25) is 0 Å². The van der Waals surface area contributed by atoms with E-state index in [9.17, 15) is 4.39 Å². The minimum Gasteiger partial charge on any atom is -0.320 e. The molecule has 1 nitrogen and oxygen atoms in total. The molecule has 2 rings (SSSR count). The van der Waals surface area contributed by atoms with Gasteiger partial charge in [0.25, 0.3) is 0 Å². The van der Waals surface area contributed by atoms with Crippen LogP contribution in [0.4, 0.5) is 4.39 Å². The molecule has 17 heavy (non-hydrogen) atoms. The fraction of sp³-hybridized carbons (Fsp3) is 0.0769. The van der Waals surface area contributed by atoms with Crippen LogP contribution in [-0.2, 0) is 0 Å². The molecule has 0 saturated carbocycles. The van der Waals surface area contributed by atoms with E-state index < -0.39 is 0 Å². The minimum absolute atomic E-state index is 0.248. The first-order valence-electron chi connectivity index (χ1n) is 5.04. The van der Waals surface area contributed by atoms with Gasteiger partial charge in [-0.15, -0.1) is 0 Å². The second-order valence-electron chi connectivity index (χ2n) is 3.70. The molecule has 0 aliphatic rings. The van der Waals surface area contributed by atoms with Gasteiger partial charge in [0.1, 0.15) is 5.82 Å². The fourth-order valence-corrected chi connectivity index (χ4v) is 2.61. The van der Waals surface area contributed by atoms with Crippen molar-refractivity contribution in [2.75, 3.05) is 0 Å². The van der Waals surface area contributed by atoms with Crippen LogP contribution in [0.2, 0.25) is 0 Å². The Hall–Kier alpha value is -0.460. The van der Waals surface area contributed by atoms with Gasteiger partial charge in [-0.05, 0) is 64.0 Å². The predicted molar refractivity (Wildman–Crippen MR) is 79.3 cm³/mol. The van der Waals surface area contributed by atoms with E-state index in [1.165, 1.54) is 12.1 Å². The molecule has 0 heterocycles. The van der Waals surface area contributed by atoms with Crippen LogP contribution in [0.5, 0.6) is 0 Å². The number of nitrogens with two attached hydrogens (primary N) is 1. The zero-order valence-electron chi connectivity index (χ0n) is 8.83. The predicted octanol–water partition coefficient (Wildman–Crippen LogP) is 4.24. The van der Waals surface area contributed by atoms with Gasteiger partial charge in [-0.2, -0.15) is 0 Å². The van der Waals surface area contributed by atoms with Crippen molar-refractivity contribution in [1.29, 1.82) is 0 Å². The van der Waals surface area contributed by atoms with Crippen LogP contribution in [-0.4, -0.2) is 0 Å². The number of rotatable bonds is 2. The third kappa shape index (κ3) is 3.05. The van der Waals surface area contributed by atoms with Gasteiger partial charge >= 0.3 is 0 Å². The van der Waals surface area contributed by atoms with E-state index in [2.05, 4.69) is 38.5 Å². The Kier molecular flexibility index (Phi) is 4.17. The van der Waals surface area contributed by atoms with Crippen molar-refractivity contribution in [3.8, 4) is 0 Å². The summed E-state index contributed by atoms with van der Waals surface area (Å²) in [6.45, 7) is 0. The SMILES string of the molecule is NC(c1ccc(F)cc1)c1cc(I)ccc1Br. The average molecular weight is 406 g/mol. The van der Waals surface area contributed by atoms with Gasteiger partial charge in [-0.1, -0.05) is 28.1 Å². The Morgan fingerprint density at radius 2 is 1.76 bits per heavy atom. The first-order chi connectivity index (χ1) is 8.08. The summed E-state index contributed by atoms with van der Waals surface area (Å²) in [7, 11) is 0. The van der Waals surface area contributed by atoms with Gasteiger partial charge in [-0.3, -0.25) is 0 Å². The van der Waals surface area contributed by atoms with Crippen LogP contribution < -0.4 is 5.73 Å². The minimum atomic E-state index is -0.250. The lowest BCUT2D eigenvalue weighted by Crippen LogP contribution is -2.12. The quantitative estimate of drug-likeness (QED) is 0.743. The second kappa shape index (κ2) is 5.46. The summed E-state index contributed by atoms with van der Waals surface area (Å²) < 4.78 is 14.9. The molecular weight excluding hydrogens is 396 g/mol. The average Bonchev–Trinajstić information content (AvgIpc) is 2.32. The van der Waals surface area contributed by atoms with Gasteiger partial charge in [-0.25, -0.2) is 4.39 Å². The van der Waals surface area contributed by atoms with E-state index in [1.807, 2.05) is 18.2 Å². The molecule has 4 heteroatoms. The molecule has 88 valence electrons. The summed E-state index contributed by atoms with van der Waals surface area (Å²) >= 11 is 5.73. The number of benzene rings is 2. The van der Waals surface area contributed by atoms with Gasteiger partial charge in [0.05, 0.1) is 6.04 Å². The molecule has 0 saturated heterocycles. The number of hydrogen-bond donors (Lipinski definition) is 1. The Morgan fingerprint density at radius 1 is 1.12 bits per heavy atom. The van der Waals surface area contributed by atoms with Crippen LogP contribution in [0, 0.1) is 9.39 Å². The highest BCUT2D eigenvalue weighted by molar-refractivity contribution is 14.1. The van der Waals surface area contributed by atoms with E-state index in [0.29, 0.717) is 0 Å². The molecular formula is C13H10BrFIN. The normalized spacial score (nSPS) is 12.5. The summed E-state index contributed by atoms with van der Waals surface area (Å²) in [6, 6.07) is 12.0. The summed E-state index contributed by atoms with van der Waals surface area (Å²) in [4.78, 5) is 0. The Balaban J connectivity index is 2.39. The molecule has 0 bridgehead atoms. The van der Waals surface area contributed by atoms with E-state index in [1.54, 1.807) is 12.1 Å². The maximum atomic E-state index is 12.8. The Labute approximate surface area is 121 Å². The zero-order valence-corrected chi connectivity index (χ0v) is 12.6. The molecule has 0 aliphatic carbocycles. The van der Waals surface area contributed by atoms with E-state index in [4.69, 9.17) is 5.73 Å². The zero-order chi connectivity index (χ0) is 12.4. The number of halogens is 3. The summed E-state index contributed by atoms with van der Waals surface area (Å²) in [5, 5.41) is 0. The molecule has 0 aliphatic heterocycles. The highest BCUT2D eigenvalue weighted by atomic mass is 127. The van der Waals surface area contributed by atoms with E-state index >= 15 is 0 Å². The van der Waals surface area contributed by atoms with Crippen molar-refractivity contribution in [1.82, 2.24) is 0 Å². The standard InChI is InChI=1S/C13H10BrFIN/c14-12-6-5-10(16)7-11(12)13(17)8-1-3-9(15)4-2-8/h1-7,13H,17H2. The third-order valence-electron chi connectivity index (χ3n) is 2.52. The number of hydrogen-bond acceptors (Lipinski definition) is 1. The van der Waals surface area contributed by atoms with Gasteiger partial charge in [0, 0.05) is 8.04 Å². The maximum Gasteiger partial charge on any atom is 0.123 e. The summed E-state index contributed by atoms with van der Waals surface area (Å²) in [6.07, 6.45) is 0. The molecule has 0 aromatic heterocycles. The van der Waals surface area contributed by atoms with Crippen molar-refractivity contribution < 1.29 is 4.39 Å². The highest BCUT2D eigenvalue weighted by Crippen LogP contribution is 2.28. The summed E-state index contributed by atoms with van der Waals surface area (Å²) in [5.41, 5.74) is 8.08. The molecule has 0 amide bonds. The molecule has 0 fully saturated rings. The first-order valence-corrected chi connectivity index (χ1v) is 6.91. The Bertz CT molecular complexity index is 527. The highest BCUT2D eigenvalue weighted by Gasteiger charge is 2.12. The van der Waals surface area contributed by atoms with Crippen LogP contribution in [0.1, 0.15) is 17.2 Å². The molecule has 2 aromatic rings. The largest absolute Gasteiger partial charge is 0.320 e. The lowest BCUT2D eigenvalue weighted by molar-refractivity contribution is 0.626. The molecule has 2 N–H and O–H groups in total. The van der Waals surface area contributed by atoms with Crippen LogP contribution in [0.25, 0.3) is 0 Å². The molecule has 0 spiro atoms. The molecule has 1 unspecified atom stereocenters. The second-order valence-corrected chi connectivity index (χ2v) is 5.80. The van der Waals surface area contributed by atoms with Crippen molar-refractivity contribution in [3.05, 3.63) is 67.5 Å². The molecule has 0 radical (unpaired) electrons. The lowest BCUT2D eigenvalue weighted by atomic mass is 10.00. The van der Waals surface area contributed by atoms with E-state index in [-0.39, 0.29) is 11.9 Å². The monoisotopic (exact) mass is 405 g/mol. The lowest BCUT2D eigenvalue weighted by Gasteiger charge is -2.14. The van der Waals surface area contributed by atoms with Crippen LogP contribution in [0.15, 0.2) is 46.9 Å². The third-order valence-corrected chi connectivity index (χ3v) is 3.92. The van der Waals surface area contributed by atoms with Crippen molar-refractivity contribution in [3.63, 3.8) is 0 Å². The fourth-order valence-electron chi connectivity index (χ4n) is 1.60. The van der Waals surface area contributed by atoms with Gasteiger partial charge < -0.3 is 5.73 Å². The van der Waals surface area contributed by atoms with Crippen molar-refractivity contribution in [2.24, 2.45) is 5.73 Å². The van der Waals surface area contributed by atoms with Gasteiger partial charge in [0.15, 0.2) is 0 Å². The first kappa shape index (κ1) is 13.0. The Morgan fingerprint density at radius 3 is 2.41 bits per heavy atom. The summed E-state index contributed by atoms with van der Waals surface area (Å²) in [5.74, 6) is -0.248. The van der Waals surface area contributed by atoms with Crippen LogP contribution >= 0.6 is 38.5 Å². The van der Waals surface area contributed by atoms with Crippen molar-refractivity contribution in [2.45, 2.75) is 6.04 Å². The smallest absolute Gasteiger partial charge is 0.123 e. The molecule has 1 atom stereocenters. The van der Waals surface area contributed by atoms with Crippen LogP contribution in [0.3, 0.4) is 0 Å².